The predicted octanol–water partition coefficient (Wildman–Crippen LogP) is 1.78. The van der Waals surface area contributed by atoms with Gasteiger partial charge in [0.05, 0.1) is 12.8 Å². The first-order valence-corrected chi connectivity index (χ1v) is 12.0. The van der Waals surface area contributed by atoms with E-state index in [1.54, 1.807) is 17.0 Å². The summed E-state index contributed by atoms with van der Waals surface area (Å²) >= 11 is 0. The van der Waals surface area contributed by atoms with Gasteiger partial charge >= 0.3 is 0 Å². The van der Waals surface area contributed by atoms with Crippen LogP contribution in [0.1, 0.15) is 43.7 Å². The number of carbonyl (C=O) groups excluding carboxylic acids is 3. The summed E-state index contributed by atoms with van der Waals surface area (Å²) in [6, 6.07) is 3.39. The number of carbonyl (C=O) groups is 3. The molecule has 0 spiro atoms. The first kappa shape index (κ1) is 22.8. The molecule has 176 valence electrons. The molecule has 3 aliphatic rings. The van der Waals surface area contributed by atoms with Gasteiger partial charge in [-0.15, -0.1) is 0 Å². The van der Waals surface area contributed by atoms with E-state index in [9.17, 15) is 14.4 Å². The lowest BCUT2D eigenvalue weighted by Gasteiger charge is -2.40. The van der Waals surface area contributed by atoms with E-state index in [1.165, 1.54) is 12.7 Å². The molecule has 1 aromatic heterocycles. The standard InChI is InChI=1S/C24H36N4O4/c1-18-14-19(2)16-28(15-18)22(29)17-25-9-11-27(12-10-25)23(30)20-5-7-26(8-6-20)24(31)21-4-3-13-32-21/h3-4,13,18-20H,5-12,14-17H2,1-2H3. The van der Waals surface area contributed by atoms with E-state index in [1.807, 2.05) is 9.80 Å². The van der Waals surface area contributed by atoms with Gasteiger partial charge in [0.2, 0.25) is 11.8 Å². The van der Waals surface area contributed by atoms with Crippen LogP contribution in [0.2, 0.25) is 0 Å². The topological polar surface area (TPSA) is 77.3 Å². The number of hydrogen-bond donors (Lipinski definition) is 0. The SMILES string of the molecule is CC1CC(C)CN(C(=O)CN2CCN(C(=O)C3CCN(C(=O)c4ccco4)CC3)CC2)C1. The second-order valence-electron chi connectivity index (χ2n) is 9.89. The van der Waals surface area contributed by atoms with E-state index < -0.39 is 0 Å². The second kappa shape index (κ2) is 10.1. The minimum absolute atomic E-state index is 0.0276. The van der Waals surface area contributed by atoms with Gasteiger partial charge in [-0.1, -0.05) is 13.8 Å². The molecule has 0 bridgehead atoms. The molecule has 8 nitrogen and oxygen atoms in total. The van der Waals surface area contributed by atoms with Crippen LogP contribution in [0.5, 0.6) is 0 Å². The van der Waals surface area contributed by atoms with Crippen molar-refractivity contribution in [3.05, 3.63) is 24.2 Å². The normalized spacial score (nSPS) is 25.8. The molecule has 32 heavy (non-hydrogen) atoms. The summed E-state index contributed by atoms with van der Waals surface area (Å²) < 4.78 is 5.21. The van der Waals surface area contributed by atoms with E-state index in [2.05, 4.69) is 18.7 Å². The third kappa shape index (κ3) is 5.34. The Balaban J connectivity index is 1.19. The molecule has 1 aromatic rings. The largest absolute Gasteiger partial charge is 0.459 e. The fourth-order valence-corrected chi connectivity index (χ4v) is 5.43. The van der Waals surface area contributed by atoms with Crippen molar-refractivity contribution in [2.24, 2.45) is 17.8 Å². The van der Waals surface area contributed by atoms with Crippen LogP contribution < -0.4 is 0 Å². The number of piperazine rings is 1. The molecular formula is C24H36N4O4. The highest BCUT2D eigenvalue weighted by Gasteiger charge is 2.33. The number of furan rings is 1. The molecule has 4 heterocycles. The van der Waals surface area contributed by atoms with Crippen LogP contribution in [0, 0.1) is 17.8 Å². The van der Waals surface area contributed by atoms with Crippen LogP contribution in [-0.2, 0) is 9.59 Å². The van der Waals surface area contributed by atoms with Crippen molar-refractivity contribution in [1.29, 1.82) is 0 Å². The molecule has 3 saturated heterocycles. The third-order valence-corrected chi connectivity index (χ3v) is 7.13. The van der Waals surface area contributed by atoms with Gasteiger partial charge < -0.3 is 19.1 Å². The fourth-order valence-electron chi connectivity index (χ4n) is 5.43. The summed E-state index contributed by atoms with van der Waals surface area (Å²) in [5.74, 6) is 1.78. The molecule has 0 aromatic carbocycles. The van der Waals surface area contributed by atoms with Crippen molar-refractivity contribution in [3.8, 4) is 0 Å². The lowest BCUT2D eigenvalue weighted by molar-refractivity contribution is -0.140. The zero-order chi connectivity index (χ0) is 22.7. The maximum Gasteiger partial charge on any atom is 0.289 e. The molecule has 0 N–H and O–H groups in total. The molecule has 3 fully saturated rings. The van der Waals surface area contributed by atoms with Crippen LogP contribution in [0.25, 0.3) is 0 Å². The van der Waals surface area contributed by atoms with Gasteiger partial charge in [0.1, 0.15) is 0 Å². The molecule has 0 saturated carbocycles. The summed E-state index contributed by atoms with van der Waals surface area (Å²) in [7, 11) is 0. The molecule has 4 rings (SSSR count). The van der Waals surface area contributed by atoms with Gasteiger partial charge in [0.15, 0.2) is 5.76 Å². The Morgan fingerprint density at radius 1 is 0.906 bits per heavy atom. The van der Waals surface area contributed by atoms with Crippen LogP contribution in [0.15, 0.2) is 22.8 Å². The number of rotatable bonds is 4. The zero-order valence-electron chi connectivity index (χ0n) is 19.4. The number of piperidine rings is 2. The average Bonchev–Trinajstić information content (AvgIpc) is 3.33. The van der Waals surface area contributed by atoms with Crippen LogP contribution >= 0.6 is 0 Å². The van der Waals surface area contributed by atoms with Crippen molar-refractivity contribution in [3.63, 3.8) is 0 Å². The fraction of sp³-hybridized carbons (Fsp3) is 0.708. The van der Waals surface area contributed by atoms with E-state index in [0.717, 1.165) is 26.2 Å². The number of amides is 3. The Labute approximate surface area is 190 Å². The summed E-state index contributed by atoms with van der Waals surface area (Å²) in [6.07, 6.45) is 4.08. The van der Waals surface area contributed by atoms with Crippen molar-refractivity contribution in [2.45, 2.75) is 33.1 Å². The highest BCUT2D eigenvalue weighted by molar-refractivity contribution is 5.91. The number of hydrogen-bond acceptors (Lipinski definition) is 5. The molecule has 2 unspecified atom stereocenters. The van der Waals surface area contributed by atoms with Gasteiger partial charge in [0.25, 0.3) is 5.91 Å². The van der Waals surface area contributed by atoms with E-state index in [-0.39, 0.29) is 23.6 Å². The van der Waals surface area contributed by atoms with E-state index >= 15 is 0 Å². The molecule has 2 atom stereocenters. The lowest BCUT2D eigenvalue weighted by Crippen LogP contribution is -2.54. The van der Waals surface area contributed by atoms with Crippen LogP contribution in [-0.4, -0.2) is 96.2 Å². The second-order valence-corrected chi connectivity index (χ2v) is 9.89. The first-order valence-electron chi connectivity index (χ1n) is 12.0. The van der Waals surface area contributed by atoms with E-state index in [0.29, 0.717) is 63.2 Å². The molecule has 8 heteroatoms. The maximum absolute atomic E-state index is 13.0. The summed E-state index contributed by atoms with van der Waals surface area (Å²) in [6.45, 7) is 10.6. The van der Waals surface area contributed by atoms with Crippen molar-refractivity contribution in [2.75, 3.05) is 58.9 Å². The minimum Gasteiger partial charge on any atom is -0.459 e. The van der Waals surface area contributed by atoms with Crippen LogP contribution in [0.3, 0.4) is 0 Å². The monoisotopic (exact) mass is 444 g/mol. The molecule has 0 aliphatic carbocycles. The molecular weight excluding hydrogens is 408 g/mol. The quantitative estimate of drug-likeness (QED) is 0.708. The zero-order valence-corrected chi connectivity index (χ0v) is 19.4. The van der Waals surface area contributed by atoms with Gasteiger partial charge in [0, 0.05) is 58.3 Å². The highest BCUT2D eigenvalue weighted by Crippen LogP contribution is 2.23. The average molecular weight is 445 g/mol. The Morgan fingerprint density at radius 2 is 1.56 bits per heavy atom. The van der Waals surface area contributed by atoms with Gasteiger partial charge in [-0.25, -0.2) is 0 Å². The number of likely N-dealkylation sites (tertiary alicyclic amines) is 2. The van der Waals surface area contributed by atoms with Gasteiger partial charge in [-0.05, 0) is 43.2 Å². The van der Waals surface area contributed by atoms with Crippen LogP contribution in [0.4, 0.5) is 0 Å². The molecule has 3 aliphatic heterocycles. The van der Waals surface area contributed by atoms with Gasteiger partial charge in [-0.3, -0.25) is 19.3 Å². The predicted molar refractivity (Wildman–Crippen MR) is 120 cm³/mol. The summed E-state index contributed by atoms with van der Waals surface area (Å²) in [5, 5.41) is 0. The Kier molecular flexibility index (Phi) is 7.18. The maximum atomic E-state index is 13.0. The van der Waals surface area contributed by atoms with Gasteiger partial charge in [-0.2, -0.15) is 0 Å². The first-order chi connectivity index (χ1) is 15.4. The smallest absolute Gasteiger partial charge is 0.289 e. The van der Waals surface area contributed by atoms with Crippen molar-refractivity contribution in [1.82, 2.24) is 19.6 Å². The minimum atomic E-state index is -0.100. The Hall–Kier alpha value is -2.35. The molecule has 0 radical (unpaired) electrons. The summed E-state index contributed by atoms with van der Waals surface area (Å²) in [4.78, 5) is 46.1. The lowest BCUT2D eigenvalue weighted by atomic mass is 9.92. The van der Waals surface area contributed by atoms with Crippen molar-refractivity contribution < 1.29 is 18.8 Å². The third-order valence-electron chi connectivity index (χ3n) is 7.13. The highest BCUT2D eigenvalue weighted by atomic mass is 16.3. The van der Waals surface area contributed by atoms with Crippen molar-refractivity contribution >= 4 is 17.7 Å². The Morgan fingerprint density at radius 3 is 2.16 bits per heavy atom. The Bertz CT molecular complexity index is 785. The van der Waals surface area contributed by atoms with E-state index in [4.69, 9.17) is 4.42 Å². The molecule has 3 amide bonds. The summed E-state index contributed by atoms with van der Waals surface area (Å²) in [5.41, 5.74) is 0. The number of nitrogens with zero attached hydrogens (tertiary/aromatic N) is 4.